The summed E-state index contributed by atoms with van der Waals surface area (Å²) in [7, 11) is 1.44. The van der Waals surface area contributed by atoms with Crippen molar-refractivity contribution in [2.75, 3.05) is 20.3 Å². The van der Waals surface area contributed by atoms with Gasteiger partial charge in [-0.2, -0.15) is 10.5 Å². The molecule has 18 heavy (non-hydrogen) atoms. The SMILES string of the molecule is COc1cc(C#N)ccc1OCC(=O)NCC#N. The first kappa shape index (κ1) is 13.3. The Morgan fingerprint density at radius 3 is 2.78 bits per heavy atom. The molecule has 0 saturated carbocycles. The minimum absolute atomic E-state index is 0.0628. The van der Waals surface area contributed by atoms with Gasteiger partial charge in [0.15, 0.2) is 18.1 Å². The van der Waals surface area contributed by atoms with E-state index in [1.54, 1.807) is 18.2 Å². The fraction of sp³-hybridized carbons (Fsp3) is 0.250. The third-order valence-electron chi connectivity index (χ3n) is 2.02. The molecule has 6 nitrogen and oxygen atoms in total. The molecule has 0 aliphatic heterocycles. The maximum Gasteiger partial charge on any atom is 0.258 e. The Morgan fingerprint density at radius 1 is 1.39 bits per heavy atom. The van der Waals surface area contributed by atoms with Gasteiger partial charge in [-0.15, -0.1) is 0 Å². The van der Waals surface area contributed by atoms with Crippen molar-refractivity contribution in [3.8, 4) is 23.6 Å². The van der Waals surface area contributed by atoms with E-state index in [0.717, 1.165) is 0 Å². The number of nitriles is 2. The molecule has 0 heterocycles. The molecule has 1 aromatic carbocycles. The molecular weight excluding hydrogens is 234 g/mol. The lowest BCUT2D eigenvalue weighted by atomic mass is 10.2. The molecule has 1 N–H and O–H groups in total. The zero-order chi connectivity index (χ0) is 13.4. The Labute approximate surface area is 104 Å². The Hall–Kier alpha value is -2.73. The van der Waals surface area contributed by atoms with Crippen molar-refractivity contribution in [1.82, 2.24) is 5.32 Å². The topological polar surface area (TPSA) is 95.1 Å². The highest BCUT2D eigenvalue weighted by molar-refractivity contribution is 5.77. The molecule has 0 saturated heterocycles. The molecule has 0 spiro atoms. The number of carbonyl (C=O) groups excluding carboxylic acids is 1. The average molecular weight is 245 g/mol. The Morgan fingerprint density at radius 2 is 2.17 bits per heavy atom. The van der Waals surface area contributed by atoms with E-state index < -0.39 is 5.91 Å². The summed E-state index contributed by atoms with van der Waals surface area (Å²) in [5.74, 6) is 0.341. The second-order valence-electron chi connectivity index (χ2n) is 3.20. The Bertz CT molecular complexity index is 514. The molecule has 1 amide bonds. The summed E-state index contributed by atoms with van der Waals surface area (Å²) in [5, 5.41) is 19.4. The smallest absolute Gasteiger partial charge is 0.258 e. The van der Waals surface area contributed by atoms with Crippen LogP contribution in [0.2, 0.25) is 0 Å². The van der Waals surface area contributed by atoms with E-state index in [2.05, 4.69) is 5.32 Å². The first-order valence-corrected chi connectivity index (χ1v) is 5.06. The predicted molar refractivity (Wildman–Crippen MR) is 61.8 cm³/mol. The highest BCUT2D eigenvalue weighted by Gasteiger charge is 2.08. The maximum atomic E-state index is 11.2. The lowest BCUT2D eigenvalue weighted by molar-refractivity contribution is -0.122. The van der Waals surface area contributed by atoms with Crippen LogP contribution in [0.5, 0.6) is 11.5 Å². The van der Waals surface area contributed by atoms with Crippen LogP contribution in [0.1, 0.15) is 5.56 Å². The van der Waals surface area contributed by atoms with Gasteiger partial charge in [0.2, 0.25) is 0 Å². The van der Waals surface area contributed by atoms with Gasteiger partial charge >= 0.3 is 0 Å². The number of ether oxygens (including phenoxy) is 2. The number of hydrogen-bond acceptors (Lipinski definition) is 5. The zero-order valence-corrected chi connectivity index (χ0v) is 9.77. The lowest BCUT2D eigenvalue weighted by Crippen LogP contribution is -2.29. The molecule has 0 atom stereocenters. The van der Waals surface area contributed by atoms with Gasteiger partial charge in [-0.05, 0) is 12.1 Å². The molecule has 1 aromatic rings. The van der Waals surface area contributed by atoms with Crippen LogP contribution in [-0.4, -0.2) is 26.2 Å². The number of nitrogens with zero attached hydrogens (tertiary/aromatic N) is 2. The molecule has 0 radical (unpaired) electrons. The molecule has 0 aromatic heterocycles. The number of hydrogen-bond donors (Lipinski definition) is 1. The van der Waals surface area contributed by atoms with Gasteiger partial charge in [0.05, 0.1) is 24.8 Å². The quantitative estimate of drug-likeness (QED) is 0.766. The minimum atomic E-state index is -0.400. The lowest BCUT2D eigenvalue weighted by Gasteiger charge is -2.10. The standard InChI is InChI=1S/C12H11N3O3/c1-17-11-6-9(7-14)2-3-10(11)18-8-12(16)15-5-4-13/h2-3,6H,5,8H2,1H3,(H,15,16). The Kier molecular flexibility index (Phi) is 5.01. The van der Waals surface area contributed by atoms with Crippen molar-refractivity contribution in [2.45, 2.75) is 0 Å². The number of benzene rings is 1. The molecular formula is C12H11N3O3. The number of methoxy groups -OCH3 is 1. The van der Waals surface area contributed by atoms with Gasteiger partial charge in [0.25, 0.3) is 5.91 Å². The minimum Gasteiger partial charge on any atom is -0.493 e. The maximum absolute atomic E-state index is 11.2. The van der Waals surface area contributed by atoms with Crippen molar-refractivity contribution in [2.24, 2.45) is 0 Å². The van der Waals surface area contributed by atoms with E-state index in [1.165, 1.54) is 13.2 Å². The van der Waals surface area contributed by atoms with E-state index in [9.17, 15) is 4.79 Å². The van der Waals surface area contributed by atoms with Crippen LogP contribution in [0, 0.1) is 22.7 Å². The van der Waals surface area contributed by atoms with Gasteiger partial charge in [0.1, 0.15) is 6.54 Å². The summed E-state index contributed by atoms with van der Waals surface area (Å²) in [6.07, 6.45) is 0. The van der Waals surface area contributed by atoms with Crippen molar-refractivity contribution < 1.29 is 14.3 Å². The summed E-state index contributed by atoms with van der Waals surface area (Å²) in [6.45, 7) is -0.281. The molecule has 0 aliphatic rings. The number of rotatable bonds is 5. The average Bonchev–Trinajstić information content (AvgIpc) is 2.42. The van der Waals surface area contributed by atoms with Crippen molar-refractivity contribution in [3.63, 3.8) is 0 Å². The second kappa shape index (κ2) is 6.77. The summed E-state index contributed by atoms with van der Waals surface area (Å²) >= 11 is 0. The zero-order valence-electron chi connectivity index (χ0n) is 9.77. The fourth-order valence-electron chi connectivity index (χ4n) is 1.19. The van der Waals surface area contributed by atoms with E-state index in [0.29, 0.717) is 17.1 Å². The van der Waals surface area contributed by atoms with E-state index in [4.69, 9.17) is 20.0 Å². The molecule has 0 bridgehead atoms. The van der Waals surface area contributed by atoms with Crippen LogP contribution in [0.4, 0.5) is 0 Å². The highest BCUT2D eigenvalue weighted by atomic mass is 16.5. The first-order valence-electron chi connectivity index (χ1n) is 5.06. The van der Waals surface area contributed by atoms with Crippen LogP contribution in [0.25, 0.3) is 0 Å². The largest absolute Gasteiger partial charge is 0.493 e. The third-order valence-corrected chi connectivity index (χ3v) is 2.02. The molecule has 0 fully saturated rings. The molecule has 0 aliphatic carbocycles. The van der Waals surface area contributed by atoms with Crippen LogP contribution >= 0.6 is 0 Å². The van der Waals surface area contributed by atoms with Crippen molar-refractivity contribution in [3.05, 3.63) is 23.8 Å². The second-order valence-corrected chi connectivity index (χ2v) is 3.20. The molecule has 1 rings (SSSR count). The number of carbonyl (C=O) groups is 1. The van der Waals surface area contributed by atoms with Crippen LogP contribution in [-0.2, 0) is 4.79 Å². The van der Waals surface area contributed by atoms with Gasteiger partial charge in [-0.3, -0.25) is 4.79 Å². The normalized spacial score (nSPS) is 8.83. The Balaban J connectivity index is 2.65. The fourth-order valence-corrected chi connectivity index (χ4v) is 1.19. The summed E-state index contributed by atoms with van der Waals surface area (Å²) in [6, 6.07) is 8.38. The van der Waals surface area contributed by atoms with E-state index in [-0.39, 0.29) is 13.2 Å². The molecule has 0 unspecified atom stereocenters. The molecule has 6 heteroatoms. The summed E-state index contributed by atoms with van der Waals surface area (Å²) in [4.78, 5) is 11.2. The summed E-state index contributed by atoms with van der Waals surface area (Å²) < 4.78 is 10.3. The monoisotopic (exact) mass is 245 g/mol. The van der Waals surface area contributed by atoms with Crippen LogP contribution in [0.15, 0.2) is 18.2 Å². The first-order chi connectivity index (χ1) is 8.71. The number of amides is 1. The van der Waals surface area contributed by atoms with Crippen LogP contribution < -0.4 is 14.8 Å². The number of nitrogens with one attached hydrogen (secondary N) is 1. The van der Waals surface area contributed by atoms with Gasteiger partial charge in [-0.1, -0.05) is 0 Å². The predicted octanol–water partition coefficient (Wildman–Crippen LogP) is 0.585. The summed E-state index contributed by atoms with van der Waals surface area (Å²) in [5.41, 5.74) is 0.438. The van der Waals surface area contributed by atoms with Gasteiger partial charge in [-0.25, -0.2) is 0 Å². The molecule has 92 valence electrons. The highest BCUT2D eigenvalue weighted by Crippen LogP contribution is 2.27. The van der Waals surface area contributed by atoms with Crippen molar-refractivity contribution >= 4 is 5.91 Å². The van der Waals surface area contributed by atoms with Gasteiger partial charge < -0.3 is 14.8 Å². The van der Waals surface area contributed by atoms with Crippen LogP contribution in [0.3, 0.4) is 0 Å². The third kappa shape index (κ3) is 3.69. The van der Waals surface area contributed by atoms with E-state index >= 15 is 0 Å². The van der Waals surface area contributed by atoms with E-state index in [1.807, 2.05) is 6.07 Å². The van der Waals surface area contributed by atoms with Crippen molar-refractivity contribution in [1.29, 1.82) is 10.5 Å². The van der Waals surface area contributed by atoms with Gasteiger partial charge in [0, 0.05) is 6.07 Å².